The average molecular weight is 475 g/mol. The summed E-state index contributed by atoms with van der Waals surface area (Å²) >= 11 is 0. The molecule has 180 valence electrons. The van der Waals surface area contributed by atoms with Gasteiger partial charge < -0.3 is 20.5 Å². The van der Waals surface area contributed by atoms with Crippen LogP contribution in [0.5, 0.6) is 0 Å². The largest absolute Gasteiger partial charge is 0.477 e. The summed E-state index contributed by atoms with van der Waals surface area (Å²) in [5.74, 6) is -1.38. The highest BCUT2D eigenvalue weighted by atomic mass is 16.5. The van der Waals surface area contributed by atoms with Crippen molar-refractivity contribution in [1.82, 2.24) is 15.1 Å². The van der Waals surface area contributed by atoms with Crippen LogP contribution in [0.1, 0.15) is 46.7 Å². The van der Waals surface area contributed by atoms with Crippen LogP contribution in [0.2, 0.25) is 0 Å². The molecule has 2 aliphatic carbocycles. The summed E-state index contributed by atoms with van der Waals surface area (Å²) in [5, 5.41) is 18.6. The molecular formula is C26H26N4O5. The number of aromatic carboxylic acids is 1. The molecule has 1 heterocycles. The lowest BCUT2D eigenvalue weighted by atomic mass is 9.98. The molecule has 0 bridgehead atoms. The summed E-state index contributed by atoms with van der Waals surface area (Å²) < 4.78 is 6.88. The normalized spacial score (nSPS) is 15.1. The highest BCUT2D eigenvalue weighted by Crippen LogP contribution is 2.44. The molecule has 2 aliphatic rings. The van der Waals surface area contributed by atoms with Crippen molar-refractivity contribution in [3.8, 4) is 11.1 Å². The molecule has 9 heteroatoms. The van der Waals surface area contributed by atoms with Gasteiger partial charge in [0, 0.05) is 13.0 Å². The van der Waals surface area contributed by atoms with Crippen LogP contribution in [0.25, 0.3) is 11.1 Å². The van der Waals surface area contributed by atoms with E-state index in [1.165, 1.54) is 17.9 Å². The molecule has 5 rings (SSSR count). The predicted molar refractivity (Wildman–Crippen MR) is 128 cm³/mol. The van der Waals surface area contributed by atoms with Gasteiger partial charge in [0.25, 0.3) is 0 Å². The van der Waals surface area contributed by atoms with Crippen molar-refractivity contribution < 1.29 is 24.2 Å². The monoisotopic (exact) mass is 474 g/mol. The average Bonchev–Trinajstić information content (AvgIpc) is 3.51. The number of ether oxygens (including phenoxy) is 1. The van der Waals surface area contributed by atoms with Gasteiger partial charge in [-0.2, -0.15) is 5.10 Å². The van der Waals surface area contributed by atoms with E-state index in [0.717, 1.165) is 35.1 Å². The first kappa shape index (κ1) is 22.6. The molecule has 35 heavy (non-hydrogen) atoms. The SMILES string of the molecule is Cn1ncc(C(=O)O)c1NC(=O)[C@H](CC1CC1)NC(=O)OCC1c2ccccc2-c2ccccc21. The molecule has 2 aromatic carbocycles. The van der Waals surface area contributed by atoms with Crippen LogP contribution in [-0.2, 0) is 16.6 Å². The van der Waals surface area contributed by atoms with Gasteiger partial charge >= 0.3 is 12.1 Å². The second kappa shape index (κ2) is 9.25. The molecule has 0 spiro atoms. The van der Waals surface area contributed by atoms with E-state index in [0.29, 0.717) is 12.3 Å². The number of carbonyl (C=O) groups excluding carboxylic acids is 2. The van der Waals surface area contributed by atoms with E-state index in [4.69, 9.17) is 4.74 Å². The highest BCUT2D eigenvalue weighted by molar-refractivity contribution is 6.01. The molecule has 9 nitrogen and oxygen atoms in total. The number of amides is 2. The fourth-order valence-electron chi connectivity index (χ4n) is 4.65. The minimum atomic E-state index is -1.20. The van der Waals surface area contributed by atoms with Crippen molar-refractivity contribution in [2.45, 2.75) is 31.2 Å². The second-order valence-corrected chi connectivity index (χ2v) is 9.03. The van der Waals surface area contributed by atoms with Gasteiger partial charge in [-0.25, -0.2) is 9.59 Å². The topological polar surface area (TPSA) is 123 Å². The Morgan fingerprint density at radius 2 is 1.71 bits per heavy atom. The molecule has 0 saturated heterocycles. The number of fused-ring (bicyclic) bond motifs is 3. The van der Waals surface area contributed by atoms with Crippen molar-refractivity contribution >= 4 is 23.8 Å². The lowest BCUT2D eigenvalue weighted by molar-refractivity contribution is -0.118. The summed E-state index contributed by atoms with van der Waals surface area (Å²) in [6.07, 6.45) is 2.92. The third-order valence-electron chi connectivity index (χ3n) is 6.63. The summed E-state index contributed by atoms with van der Waals surface area (Å²) in [6, 6.07) is 15.3. The molecule has 1 saturated carbocycles. The number of anilines is 1. The Hall–Kier alpha value is -4.14. The first-order chi connectivity index (χ1) is 16.9. The molecule has 3 aromatic rings. The number of nitrogens with one attached hydrogen (secondary N) is 2. The van der Waals surface area contributed by atoms with Gasteiger partial charge in [0.15, 0.2) is 0 Å². The lowest BCUT2D eigenvalue weighted by Gasteiger charge is -2.20. The smallest absolute Gasteiger partial charge is 0.407 e. The summed E-state index contributed by atoms with van der Waals surface area (Å²) in [7, 11) is 1.54. The van der Waals surface area contributed by atoms with Gasteiger partial charge in [0.2, 0.25) is 5.91 Å². The molecule has 1 fully saturated rings. The molecule has 0 aliphatic heterocycles. The van der Waals surface area contributed by atoms with E-state index < -0.39 is 24.0 Å². The number of nitrogens with zero attached hydrogens (tertiary/aromatic N) is 2. The van der Waals surface area contributed by atoms with Crippen LogP contribution >= 0.6 is 0 Å². The van der Waals surface area contributed by atoms with Gasteiger partial charge in [-0.1, -0.05) is 61.4 Å². The van der Waals surface area contributed by atoms with Gasteiger partial charge in [0.1, 0.15) is 24.0 Å². The minimum absolute atomic E-state index is 0.0673. The molecule has 1 aromatic heterocycles. The Morgan fingerprint density at radius 1 is 1.09 bits per heavy atom. The Bertz CT molecular complexity index is 1250. The van der Waals surface area contributed by atoms with Crippen LogP contribution < -0.4 is 10.6 Å². The van der Waals surface area contributed by atoms with Crippen molar-refractivity contribution in [2.24, 2.45) is 13.0 Å². The first-order valence-electron chi connectivity index (χ1n) is 11.6. The maximum atomic E-state index is 13.0. The molecule has 0 radical (unpaired) electrons. The number of hydrogen-bond donors (Lipinski definition) is 3. The van der Waals surface area contributed by atoms with Gasteiger partial charge in [-0.05, 0) is 34.6 Å². The molecule has 3 N–H and O–H groups in total. The van der Waals surface area contributed by atoms with E-state index in [-0.39, 0.29) is 23.9 Å². The van der Waals surface area contributed by atoms with Crippen molar-refractivity contribution in [1.29, 1.82) is 0 Å². The molecule has 2 amide bonds. The van der Waals surface area contributed by atoms with Gasteiger partial charge in [-0.3, -0.25) is 9.48 Å². The van der Waals surface area contributed by atoms with Gasteiger partial charge in [-0.15, -0.1) is 0 Å². The maximum Gasteiger partial charge on any atom is 0.407 e. The van der Waals surface area contributed by atoms with Crippen molar-refractivity contribution in [3.05, 3.63) is 71.4 Å². The number of rotatable bonds is 8. The quantitative estimate of drug-likeness (QED) is 0.457. The fraction of sp³-hybridized carbons (Fsp3) is 0.308. The van der Waals surface area contributed by atoms with E-state index in [1.807, 2.05) is 36.4 Å². The number of carboxylic acid groups (broad SMARTS) is 1. The number of carbonyl (C=O) groups is 3. The summed E-state index contributed by atoms with van der Waals surface area (Å²) in [4.78, 5) is 37.2. The minimum Gasteiger partial charge on any atom is -0.477 e. The standard InChI is InChI=1S/C26H26N4O5/c1-30-23(20(13-27-30)25(32)33)29-24(31)22(12-15-10-11-15)28-26(34)35-14-21-18-8-4-2-6-16(18)17-7-3-5-9-19(17)21/h2-9,13,15,21-22H,10-12,14H2,1H3,(H,28,34)(H,29,31)(H,32,33)/t22-/m0/s1. The van der Waals surface area contributed by atoms with Gasteiger partial charge in [0.05, 0.1) is 6.20 Å². The number of carboxylic acids is 1. The number of benzene rings is 2. The zero-order valence-electron chi connectivity index (χ0n) is 19.2. The number of hydrogen-bond acceptors (Lipinski definition) is 5. The summed E-state index contributed by atoms with van der Waals surface area (Å²) in [6.45, 7) is 0.141. The zero-order valence-corrected chi connectivity index (χ0v) is 19.2. The van der Waals surface area contributed by atoms with Crippen LogP contribution in [-0.4, -0.2) is 45.5 Å². The van der Waals surface area contributed by atoms with E-state index in [9.17, 15) is 19.5 Å². The van der Waals surface area contributed by atoms with E-state index in [1.54, 1.807) is 0 Å². The highest BCUT2D eigenvalue weighted by Gasteiger charge is 2.33. The van der Waals surface area contributed by atoms with Crippen LogP contribution in [0, 0.1) is 5.92 Å². The Balaban J connectivity index is 1.27. The van der Waals surface area contributed by atoms with Crippen molar-refractivity contribution in [2.75, 3.05) is 11.9 Å². The molecule has 0 unspecified atom stereocenters. The lowest BCUT2D eigenvalue weighted by Crippen LogP contribution is -2.45. The maximum absolute atomic E-state index is 13.0. The number of aromatic nitrogens is 2. The third kappa shape index (κ3) is 4.62. The van der Waals surface area contributed by atoms with Crippen LogP contribution in [0.15, 0.2) is 54.7 Å². The van der Waals surface area contributed by atoms with Crippen molar-refractivity contribution in [3.63, 3.8) is 0 Å². The second-order valence-electron chi connectivity index (χ2n) is 9.03. The molecule has 1 atom stereocenters. The van der Waals surface area contributed by atoms with E-state index in [2.05, 4.69) is 27.9 Å². The fourth-order valence-corrected chi connectivity index (χ4v) is 4.65. The number of aryl methyl sites for hydroxylation is 1. The summed E-state index contributed by atoms with van der Waals surface area (Å²) in [5.41, 5.74) is 4.35. The third-order valence-corrected chi connectivity index (χ3v) is 6.63. The van der Waals surface area contributed by atoms with Crippen LogP contribution in [0.3, 0.4) is 0 Å². The van der Waals surface area contributed by atoms with E-state index >= 15 is 0 Å². The predicted octanol–water partition coefficient (Wildman–Crippen LogP) is 3.76. The first-order valence-corrected chi connectivity index (χ1v) is 11.6. The van der Waals surface area contributed by atoms with Crippen LogP contribution in [0.4, 0.5) is 10.6 Å². The Morgan fingerprint density at radius 3 is 2.31 bits per heavy atom. The molecular weight excluding hydrogens is 448 g/mol. The zero-order chi connectivity index (χ0) is 24.5. The Kier molecular flexibility index (Phi) is 5.98. The Labute approximate surface area is 202 Å². The number of alkyl carbamates (subject to hydrolysis) is 1.